The summed E-state index contributed by atoms with van der Waals surface area (Å²) < 4.78 is 5.57. The lowest BCUT2D eigenvalue weighted by Crippen LogP contribution is -2.49. The molecule has 98 valence electrons. The number of likely N-dealkylation sites (tertiary alicyclic amines) is 1. The third-order valence-electron chi connectivity index (χ3n) is 3.01. The number of carboxylic acid groups (broad SMARTS) is 1. The molecule has 18 heavy (non-hydrogen) atoms. The Morgan fingerprint density at radius 3 is 2.50 bits per heavy atom. The lowest BCUT2D eigenvalue weighted by Gasteiger charge is -2.36. The molecule has 1 aliphatic rings. The first-order valence-electron chi connectivity index (χ1n) is 6.25. The highest BCUT2D eigenvalue weighted by Gasteiger charge is 2.31. The zero-order chi connectivity index (χ0) is 13.1. The molecule has 4 nitrogen and oxygen atoms in total. The van der Waals surface area contributed by atoms with Gasteiger partial charge in [0.25, 0.3) is 0 Å². The second-order valence-electron chi connectivity index (χ2n) is 5.04. The van der Waals surface area contributed by atoms with Gasteiger partial charge in [-0.2, -0.15) is 0 Å². The summed E-state index contributed by atoms with van der Waals surface area (Å²) in [6.45, 7) is 6.12. The Balaban J connectivity index is 1.82. The first kappa shape index (κ1) is 12.9. The Bertz CT molecular complexity index is 408. The largest absolute Gasteiger partial charge is 0.491 e. The molecular formula is C14H19NO3. The SMILES string of the molecule is CC(C)Oc1ccc(CN2CC(C(=O)O)C2)cc1. The van der Waals surface area contributed by atoms with E-state index >= 15 is 0 Å². The van der Waals surface area contributed by atoms with Gasteiger partial charge in [0, 0.05) is 19.6 Å². The summed E-state index contributed by atoms with van der Waals surface area (Å²) in [6.07, 6.45) is 0.183. The van der Waals surface area contributed by atoms with Gasteiger partial charge in [0.2, 0.25) is 0 Å². The Labute approximate surface area is 107 Å². The van der Waals surface area contributed by atoms with Gasteiger partial charge in [0.1, 0.15) is 5.75 Å². The highest BCUT2D eigenvalue weighted by molar-refractivity contribution is 5.71. The molecule has 4 heteroatoms. The second kappa shape index (κ2) is 5.40. The van der Waals surface area contributed by atoms with Gasteiger partial charge < -0.3 is 9.84 Å². The van der Waals surface area contributed by atoms with E-state index in [0.717, 1.165) is 12.3 Å². The first-order chi connectivity index (χ1) is 8.54. The number of ether oxygens (including phenoxy) is 1. The van der Waals surface area contributed by atoms with Gasteiger partial charge in [-0.25, -0.2) is 0 Å². The molecule has 2 rings (SSSR count). The summed E-state index contributed by atoms with van der Waals surface area (Å²) in [5, 5.41) is 8.79. The van der Waals surface area contributed by atoms with E-state index in [0.29, 0.717) is 13.1 Å². The number of hydrogen-bond donors (Lipinski definition) is 1. The van der Waals surface area contributed by atoms with E-state index in [2.05, 4.69) is 4.90 Å². The van der Waals surface area contributed by atoms with Crippen LogP contribution in [0.3, 0.4) is 0 Å². The molecule has 0 spiro atoms. The summed E-state index contributed by atoms with van der Waals surface area (Å²) in [4.78, 5) is 12.8. The van der Waals surface area contributed by atoms with Crippen molar-refractivity contribution < 1.29 is 14.6 Å². The first-order valence-corrected chi connectivity index (χ1v) is 6.25. The minimum absolute atomic E-state index is 0.183. The molecular weight excluding hydrogens is 230 g/mol. The van der Waals surface area contributed by atoms with Crippen LogP contribution in [0, 0.1) is 5.92 Å². The molecule has 0 bridgehead atoms. The van der Waals surface area contributed by atoms with Crippen molar-refractivity contribution in [1.82, 2.24) is 4.90 Å². The van der Waals surface area contributed by atoms with Crippen LogP contribution in [0.4, 0.5) is 0 Å². The molecule has 0 atom stereocenters. The number of nitrogens with zero attached hydrogens (tertiary/aromatic N) is 1. The molecule has 0 aliphatic carbocycles. The number of carboxylic acids is 1. The average Bonchev–Trinajstić information content (AvgIpc) is 2.23. The minimum Gasteiger partial charge on any atom is -0.491 e. The summed E-state index contributed by atoms with van der Waals surface area (Å²) in [7, 11) is 0. The highest BCUT2D eigenvalue weighted by Crippen LogP contribution is 2.20. The van der Waals surface area contributed by atoms with E-state index < -0.39 is 5.97 Å². The van der Waals surface area contributed by atoms with Crippen LogP contribution in [0.25, 0.3) is 0 Å². The Hall–Kier alpha value is -1.55. The van der Waals surface area contributed by atoms with Crippen molar-refractivity contribution in [3.8, 4) is 5.75 Å². The molecule has 1 saturated heterocycles. The zero-order valence-corrected chi connectivity index (χ0v) is 10.8. The Kier molecular flexibility index (Phi) is 3.87. The van der Waals surface area contributed by atoms with Crippen LogP contribution in [0.1, 0.15) is 19.4 Å². The molecule has 0 saturated carbocycles. The van der Waals surface area contributed by atoms with Crippen molar-refractivity contribution in [3.05, 3.63) is 29.8 Å². The van der Waals surface area contributed by atoms with Crippen LogP contribution in [0.5, 0.6) is 5.75 Å². The second-order valence-corrected chi connectivity index (χ2v) is 5.04. The molecule has 1 fully saturated rings. The fourth-order valence-corrected chi connectivity index (χ4v) is 2.06. The molecule has 0 aromatic heterocycles. The average molecular weight is 249 g/mol. The predicted molar refractivity (Wildman–Crippen MR) is 68.6 cm³/mol. The van der Waals surface area contributed by atoms with Crippen LogP contribution in [0.15, 0.2) is 24.3 Å². The van der Waals surface area contributed by atoms with E-state index in [4.69, 9.17) is 9.84 Å². The van der Waals surface area contributed by atoms with Gasteiger partial charge in [0.15, 0.2) is 0 Å². The molecule has 1 N–H and O–H groups in total. The van der Waals surface area contributed by atoms with Gasteiger partial charge in [-0.15, -0.1) is 0 Å². The molecule has 0 unspecified atom stereocenters. The maximum atomic E-state index is 10.7. The molecule has 1 heterocycles. The lowest BCUT2D eigenvalue weighted by molar-refractivity contribution is -0.147. The smallest absolute Gasteiger partial charge is 0.309 e. The zero-order valence-electron chi connectivity index (χ0n) is 10.8. The summed E-state index contributed by atoms with van der Waals surface area (Å²) in [5.41, 5.74) is 1.19. The van der Waals surface area contributed by atoms with Crippen LogP contribution in [-0.4, -0.2) is 35.2 Å². The van der Waals surface area contributed by atoms with Gasteiger partial charge in [-0.3, -0.25) is 9.69 Å². The van der Waals surface area contributed by atoms with Crippen LogP contribution >= 0.6 is 0 Å². The quantitative estimate of drug-likeness (QED) is 0.867. The van der Waals surface area contributed by atoms with E-state index in [1.165, 1.54) is 5.56 Å². The molecule has 0 amide bonds. The number of rotatable bonds is 5. The maximum absolute atomic E-state index is 10.7. The molecule has 1 aliphatic heterocycles. The van der Waals surface area contributed by atoms with E-state index in [1.54, 1.807) is 0 Å². The molecule has 1 aromatic rings. The van der Waals surface area contributed by atoms with Gasteiger partial charge in [0.05, 0.1) is 12.0 Å². The van der Waals surface area contributed by atoms with E-state index in [-0.39, 0.29) is 12.0 Å². The number of carbonyl (C=O) groups is 1. The normalized spacial score (nSPS) is 16.6. The van der Waals surface area contributed by atoms with E-state index in [1.807, 2.05) is 38.1 Å². The highest BCUT2D eigenvalue weighted by atomic mass is 16.5. The minimum atomic E-state index is -0.688. The van der Waals surface area contributed by atoms with Crippen molar-refractivity contribution in [2.45, 2.75) is 26.5 Å². The number of hydrogen-bond acceptors (Lipinski definition) is 3. The van der Waals surface area contributed by atoms with Crippen molar-refractivity contribution >= 4 is 5.97 Å². The third kappa shape index (κ3) is 3.23. The fraction of sp³-hybridized carbons (Fsp3) is 0.500. The van der Waals surface area contributed by atoms with Crippen LogP contribution < -0.4 is 4.74 Å². The predicted octanol–water partition coefficient (Wildman–Crippen LogP) is 1.99. The lowest BCUT2D eigenvalue weighted by atomic mass is 10.00. The van der Waals surface area contributed by atoms with Crippen molar-refractivity contribution in [1.29, 1.82) is 0 Å². The monoisotopic (exact) mass is 249 g/mol. The van der Waals surface area contributed by atoms with Crippen molar-refractivity contribution in [2.24, 2.45) is 5.92 Å². The fourth-order valence-electron chi connectivity index (χ4n) is 2.06. The number of aliphatic carboxylic acids is 1. The van der Waals surface area contributed by atoms with Crippen LogP contribution in [-0.2, 0) is 11.3 Å². The number of benzene rings is 1. The molecule has 0 radical (unpaired) electrons. The summed E-state index contributed by atoms with van der Waals surface area (Å²) in [5.74, 6) is 0.00116. The Morgan fingerprint density at radius 1 is 1.39 bits per heavy atom. The van der Waals surface area contributed by atoms with Gasteiger partial charge >= 0.3 is 5.97 Å². The van der Waals surface area contributed by atoms with Gasteiger partial charge in [-0.1, -0.05) is 12.1 Å². The van der Waals surface area contributed by atoms with E-state index in [9.17, 15) is 4.79 Å². The standard InChI is InChI=1S/C14H19NO3/c1-10(2)18-13-5-3-11(4-6-13)7-15-8-12(9-15)14(16)17/h3-6,10,12H,7-9H2,1-2H3,(H,16,17). The third-order valence-corrected chi connectivity index (χ3v) is 3.01. The summed E-state index contributed by atoms with van der Waals surface area (Å²) in [6, 6.07) is 7.99. The topological polar surface area (TPSA) is 49.8 Å². The molecule has 1 aromatic carbocycles. The maximum Gasteiger partial charge on any atom is 0.309 e. The van der Waals surface area contributed by atoms with Crippen molar-refractivity contribution in [2.75, 3.05) is 13.1 Å². The summed E-state index contributed by atoms with van der Waals surface area (Å²) >= 11 is 0. The Morgan fingerprint density at radius 2 is 2.00 bits per heavy atom. The van der Waals surface area contributed by atoms with Gasteiger partial charge in [-0.05, 0) is 31.5 Å². The van der Waals surface area contributed by atoms with Crippen LogP contribution in [0.2, 0.25) is 0 Å². The van der Waals surface area contributed by atoms with Crippen molar-refractivity contribution in [3.63, 3.8) is 0 Å².